The molecular weight excluding hydrogens is 312 g/mol. The van der Waals surface area contributed by atoms with Gasteiger partial charge in [0.15, 0.2) is 0 Å². The van der Waals surface area contributed by atoms with Crippen LogP contribution in [0.3, 0.4) is 0 Å². The Labute approximate surface area is 124 Å². The van der Waals surface area contributed by atoms with Crippen LogP contribution in [0.4, 0.5) is 0 Å². The summed E-state index contributed by atoms with van der Waals surface area (Å²) in [5.41, 5.74) is 4.51. The summed E-state index contributed by atoms with van der Waals surface area (Å²) >= 11 is 3.51. The van der Waals surface area contributed by atoms with Gasteiger partial charge in [0.05, 0.1) is 11.0 Å². The van der Waals surface area contributed by atoms with Crippen molar-refractivity contribution in [3.63, 3.8) is 0 Å². The van der Waals surface area contributed by atoms with E-state index < -0.39 is 0 Å². The molecule has 0 spiro atoms. The van der Waals surface area contributed by atoms with E-state index in [9.17, 15) is 0 Å². The topological polar surface area (TPSA) is 17.3 Å². The minimum absolute atomic E-state index is 1.03. The Morgan fingerprint density at radius 3 is 2.65 bits per heavy atom. The first-order valence-electron chi connectivity index (χ1n) is 6.44. The molecule has 0 radical (unpaired) electrons. The summed E-state index contributed by atoms with van der Waals surface area (Å²) in [6.45, 7) is 0. The minimum atomic E-state index is 1.03. The third-order valence-electron chi connectivity index (χ3n) is 3.48. The maximum Gasteiger partial charge on any atom is 0.0933 e. The molecular formula is C17H11BrN2. The van der Waals surface area contributed by atoms with Gasteiger partial charge in [-0.1, -0.05) is 52.3 Å². The molecule has 3 heteroatoms. The van der Waals surface area contributed by atoms with Crippen molar-refractivity contribution in [3.05, 3.63) is 71.3 Å². The lowest BCUT2D eigenvalue weighted by atomic mass is 10.1. The van der Waals surface area contributed by atoms with Crippen LogP contribution in [-0.4, -0.2) is 9.61 Å². The van der Waals surface area contributed by atoms with E-state index in [1.807, 2.05) is 34.8 Å². The van der Waals surface area contributed by atoms with Gasteiger partial charge in [-0.15, -0.1) is 0 Å². The molecule has 0 bridgehead atoms. The standard InChI is InChI=1S/C17H11BrN2/c18-14-5-3-4-12(10-14)13-8-9-17-15-6-1-2-7-16(15)19-20(17)11-13/h1-11H. The normalized spacial score (nSPS) is 11.2. The van der Waals surface area contributed by atoms with Gasteiger partial charge in [0, 0.05) is 21.6 Å². The van der Waals surface area contributed by atoms with Gasteiger partial charge in [0.25, 0.3) is 0 Å². The number of benzene rings is 2. The number of aromatic nitrogens is 2. The summed E-state index contributed by atoms with van der Waals surface area (Å²) in [6.07, 6.45) is 2.08. The summed E-state index contributed by atoms with van der Waals surface area (Å²) < 4.78 is 3.04. The highest BCUT2D eigenvalue weighted by Gasteiger charge is 2.05. The molecule has 2 nitrogen and oxygen atoms in total. The van der Waals surface area contributed by atoms with Gasteiger partial charge < -0.3 is 0 Å². The Balaban J connectivity index is 1.97. The third kappa shape index (κ3) is 1.82. The lowest BCUT2D eigenvalue weighted by molar-refractivity contribution is 0.983. The van der Waals surface area contributed by atoms with Crippen molar-refractivity contribution in [1.82, 2.24) is 9.61 Å². The molecule has 96 valence electrons. The second-order valence-electron chi connectivity index (χ2n) is 4.78. The zero-order valence-corrected chi connectivity index (χ0v) is 12.2. The fourth-order valence-corrected chi connectivity index (χ4v) is 2.92. The minimum Gasteiger partial charge on any atom is -0.239 e. The van der Waals surface area contributed by atoms with Gasteiger partial charge in [-0.05, 0) is 29.8 Å². The van der Waals surface area contributed by atoms with E-state index in [1.165, 1.54) is 10.9 Å². The zero-order chi connectivity index (χ0) is 13.5. The Hall–Kier alpha value is -2.13. The van der Waals surface area contributed by atoms with Crippen LogP contribution in [0.25, 0.3) is 27.5 Å². The molecule has 0 atom stereocenters. The lowest BCUT2D eigenvalue weighted by Crippen LogP contribution is -1.88. The second-order valence-corrected chi connectivity index (χ2v) is 5.69. The van der Waals surface area contributed by atoms with Gasteiger partial charge in [0.1, 0.15) is 0 Å². The number of halogens is 1. The summed E-state index contributed by atoms with van der Waals surface area (Å²) in [7, 11) is 0. The lowest BCUT2D eigenvalue weighted by Gasteiger charge is -2.03. The molecule has 2 aromatic carbocycles. The van der Waals surface area contributed by atoms with Gasteiger partial charge in [-0.3, -0.25) is 0 Å². The molecule has 0 fully saturated rings. The second kappa shape index (κ2) is 4.46. The van der Waals surface area contributed by atoms with Crippen molar-refractivity contribution in [2.75, 3.05) is 0 Å². The Morgan fingerprint density at radius 2 is 1.75 bits per heavy atom. The van der Waals surface area contributed by atoms with E-state index in [0.29, 0.717) is 0 Å². The van der Waals surface area contributed by atoms with Crippen LogP contribution in [0.2, 0.25) is 0 Å². The van der Waals surface area contributed by atoms with Crippen LogP contribution in [0.15, 0.2) is 71.3 Å². The van der Waals surface area contributed by atoms with Crippen molar-refractivity contribution < 1.29 is 0 Å². The van der Waals surface area contributed by atoms with Gasteiger partial charge in [-0.25, -0.2) is 4.52 Å². The highest BCUT2D eigenvalue weighted by atomic mass is 79.9. The van der Waals surface area contributed by atoms with Crippen molar-refractivity contribution in [2.24, 2.45) is 0 Å². The van der Waals surface area contributed by atoms with Gasteiger partial charge >= 0.3 is 0 Å². The van der Waals surface area contributed by atoms with Crippen LogP contribution in [-0.2, 0) is 0 Å². The third-order valence-corrected chi connectivity index (χ3v) is 3.98. The molecule has 0 N–H and O–H groups in total. The van der Waals surface area contributed by atoms with Crippen LogP contribution in [0.5, 0.6) is 0 Å². The SMILES string of the molecule is Brc1cccc(-c2ccc3c4ccccc4nn3c2)c1. The molecule has 2 heterocycles. The number of pyridine rings is 1. The van der Waals surface area contributed by atoms with Crippen molar-refractivity contribution in [1.29, 1.82) is 0 Å². The molecule has 0 saturated heterocycles. The van der Waals surface area contributed by atoms with Crippen LogP contribution in [0, 0.1) is 0 Å². The van der Waals surface area contributed by atoms with Crippen molar-refractivity contribution >= 4 is 32.3 Å². The molecule has 0 aliphatic carbocycles. The van der Waals surface area contributed by atoms with Crippen LogP contribution in [0.1, 0.15) is 0 Å². The van der Waals surface area contributed by atoms with Crippen LogP contribution < -0.4 is 0 Å². The molecule has 0 amide bonds. The molecule has 0 saturated carbocycles. The predicted octanol–water partition coefficient (Wildman–Crippen LogP) is 4.92. The predicted molar refractivity (Wildman–Crippen MR) is 85.8 cm³/mol. The number of hydrogen-bond acceptors (Lipinski definition) is 1. The number of hydrogen-bond donors (Lipinski definition) is 0. The molecule has 0 aliphatic heterocycles. The van der Waals surface area contributed by atoms with E-state index in [2.05, 4.69) is 57.6 Å². The van der Waals surface area contributed by atoms with Gasteiger partial charge in [0.2, 0.25) is 0 Å². The van der Waals surface area contributed by atoms with Gasteiger partial charge in [-0.2, -0.15) is 5.10 Å². The maximum atomic E-state index is 4.63. The first-order valence-corrected chi connectivity index (χ1v) is 7.24. The smallest absolute Gasteiger partial charge is 0.0933 e. The Kier molecular flexibility index (Phi) is 2.60. The van der Waals surface area contributed by atoms with E-state index in [-0.39, 0.29) is 0 Å². The average molecular weight is 323 g/mol. The van der Waals surface area contributed by atoms with E-state index in [0.717, 1.165) is 21.1 Å². The van der Waals surface area contributed by atoms with E-state index in [4.69, 9.17) is 0 Å². The Bertz CT molecular complexity index is 924. The van der Waals surface area contributed by atoms with Crippen LogP contribution >= 0.6 is 15.9 Å². The number of rotatable bonds is 1. The average Bonchev–Trinajstić information content (AvgIpc) is 2.85. The maximum absolute atomic E-state index is 4.63. The quantitative estimate of drug-likeness (QED) is 0.486. The highest BCUT2D eigenvalue weighted by Crippen LogP contribution is 2.26. The first-order chi connectivity index (χ1) is 9.81. The fourth-order valence-electron chi connectivity index (χ4n) is 2.52. The fraction of sp³-hybridized carbons (Fsp3) is 0. The Morgan fingerprint density at radius 1 is 0.850 bits per heavy atom. The van der Waals surface area contributed by atoms with E-state index >= 15 is 0 Å². The molecule has 0 aliphatic rings. The number of nitrogens with zero attached hydrogens (tertiary/aromatic N) is 2. The summed E-state index contributed by atoms with van der Waals surface area (Å²) in [5.74, 6) is 0. The molecule has 4 aromatic rings. The summed E-state index contributed by atoms with van der Waals surface area (Å²) in [4.78, 5) is 0. The van der Waals surface area contributed by atoms with Crippen molar-refractivity contribution in [2.45, 2.75) is 0 Å². The highest BCUT2D eigenvalue weighted by molar-refractivity contribution is 9.10. The van der Waals surface area contributed by atoms with E-state index in [1.54, 1.807) is 0 Å². The largest absolute Gasteiger partial charge is 0.239 e. The first kappa shape index (κ1) is 11.7. The van der Waals surface area contributed by atoms with Crippen molar-refractivity contribution in [3.8, 4) is 11.1 Å². The molecule has 0 unspecified atom stereocenters. The molecule has 4 rings (SSSR count). The number of fused-ring (bicyclic) bond motifs is 3. The summed E-state index contributed by atoms with van der Waals surface area (Å²) in [5, 5.41) is 5.82. The molecule has 2 aromatic heterocycles. The summed E-state index contributed by atoms with van der Waals surface area (Å²) in [6, 6.07) is 20.8. The zero-order valence-electron chi connectivity index (χ0n) is 10.6. The monoisotopic (exact) mass is 322 g/mol. The molecule has 20 heavy (non-hydrogen) atoms.